The molecule has 8 nitrogen and oxygen atoms in total. The first-order valence-electron chi connectivity index (χ1n) is 19.8. The van der Waals surface area contributed by atoms with Gasteiger partial charge in [-0.05, 0) is 96.3 Å². The van der Waals surface area contributed by atoms with Crippen molar-refractivity contribution in [2.45, 2.75) is 136 Å². The second kappa shape index (κ2) is 39.2. The number of rotatable bonds is 34. The van der Waals surface area contributed by atoms with Gasteiger partial charge in [0.25, 0.3) is 0 Å². The molecule has 0 spiro atoms. The molecule has 0 saturated carbocycles. The van der Waals surface area contributed by atoms with E-state index >= 15 is 0 Å². The number of phosphoric acid groups is 1. The third kappa shape index (κ3) is 41.2. The SMILES string of the molecule is CC/C=C\C/C=C\C/C=C\C/C=C\C/C=C\CCCCCC(=O)OC[C@H](COP(=O)(O)O)OC(=O)CCC/C=C\C/C=C\C/C=C\C/C=C\C/C=C\CC. The third-order valence-corrected chi connectivity index (χ3v) is 7.96. The highest BCUT2D eigenvalue weighted by atomic mass is 31.2. The first kappa shape index (κ1) is 50.5. The maximum absolute atomic E-state index is 12.4. The summed E-state index contributed by atoms with van der Waals surface area (Å²) in [7, 11) is -4.79. The van der Waals surface area contributed by atoms with Crippen LogP contribution >= 0.6 is 7.82 Å². The van der Waals surface area contributed by atoms with Gasteiger partial charge in [0.2, 0.25) is 0 Å². The minimum atomic E-state index is -4.79. The highest BCUT2D eigenvalue weighted by molar-refractivity contribution is 7.46. The van der Waals surface area contributed by atoms with Crippen molar-refractivity contribution in [2.75, 3.05) is 13.2 Å². The Morgan fingerprint density at radius 1 is 0.481 bits per heavy atom. The van der Waals surface area contributed by atoms with Crippen LogP contribution in [0.15, 0.2) is 122 Å². The van der Waals surface area contributed by atoms with Crippen molar-refractivity contribution in [3.05, 3.63) is 122 Å². The van der Waals surface area contributed by atoms with Gasteiger partial charge in [0, 0.05) is 12.8 Å². The van der Waals surface area contributed by atoms with Crippen molar-refractivity contribution < 1.29 is 37.9 Å². The highest BCUT2D eigenvalue weighted by Gasteiger charge is 2.22. The van der Waals surface area contributed by atoms with Gasteiger partial charge in [-0.1, -0.05) is 142 Å². The minimum Gasteiger partial charge on any atom is -0.462 e. The van der Waals surface area contributed by atoms with Crippen LogP contribution in [-0.2, 0) is 28.2 Å². The van der Waals surface area contributed by atoms with Gasteiger partial charge in [-0.2, -0.15) is 0 Å². The van der Waals surface area contributed by atoms with Crippen molar-refractivity contribution in [3.63, 3.8) is 0 Å². The van der Waals surface area contributed by atoms with Gasteiger partial charge >= 0.3 is 19.8 Å². The molecule has 0 bridgehead atoms. The van der Waals surface area contributed by atoms with Crippen molar-refractivity contribution >= 4 is 19.8 Å². The Morgan fingerprint density at radius 2 is 0.852 bits per heavy atom. The van der Waals surface area contributed by atoms with Gasteiger partial charge in [-0.3, -0.25) is 14.1 Å². The predicted octanol–water partition coefficient (Wildman–Crippen LogP) is 12.2. The summed E-state index contributed by atoms with van der Waals surface area (Å²) in [5, 5.41) is 0. The molecule has 0 saturated heterocycles. The van der Waals surface area contributed by atoms with Crippen LogP contribution < -0.4 is 0 Å². The van der Waals surface area contributed by atoms with Gasteiger partial charge in [-0.15, -0.1) is 0 Å². The molecule has 0 radical (unpaired) electrons. The monoisotopic (exact) mass is 768 g/mol. The summed E-state index contributed by atoms with van der Waals surface area (Å²) < 4.78 is 26.3. The summed E-state index contributed by atoms with van der Waals surface area (Å²) >= 11 is 0. The molecule has 0 heterocycles. The number of carbonyl (C=O) groups is 2. The van der Waals surface area contributed by atoms with Crippen LogP contribution in [0.5, 0.6) is 0 Å². The molecule has 1 atom stereocenters. The van der Waals surface area contributed by atoms with E-state index in [-0.39, 0.29) is 19.4 Å². The maximum Gasteiger partial charge on any atom is 0.469 e. The van der Waals surface area contributed by atoms with Crippen LogP contribution in [0.25, 0.3) is 0 Å². The Kier molecular flexibility index (Phi) is 36.6. The lowest BCUT2D eigenvalue weighted by atomic mass is 10.1. The van der Waals surface area contributed by atoms with Crippen molar-refractivity contribution in [2.24, 2.45) is 0 Å². The van der Waals surface area contributed by atoms with Crippen LogP contribution in [0.4, 0.5) is 0 Å². The van der Waals surface area contributed by atoms with E-state index in [4.69, 9.17) is 19.3 Å². The summed E-state index contributed by atoms with van der Waals surface area (Å²) in [5.41, 5.74) is 0. The quantitative estimate of drug-likeness (QED) is 0.0287. The predicted molar refractivity (Wildman–Crippen MR) is 225 cm³/mol. The van der Waals surface area contributed by atoms with E-state index in [0.717, 1.165) is 83.5 Å². The molecule has 54 heavy (non-hydrogen) atoms. The molecule has 0 rings (SSSR count). The zero-order valence-corrected chi connectivity index (χ0v) is 34.0. The number of hydrogen-bond acceptors (Lipinski definition) is 6. The molecule has 0 aliphatic rings. The van der Waals surface area contributed by atoms with E-state index in [1.165, 1.54) is 0 Å². The number of carbonyl (C=O) groups excluding carboxylic acids is 2. The largest absolute Gasteiger partial charge is 0.469 e. The Hall–Kier alpha value is -3.55. The Balaban J connectivity index is 4.15. The molecule has 0 aromatic heterocycles. The second-order valence-corrected chi connectivity index (χ2v) is 13.7. The normalized spacial score (nSPS) is 13.8. The fourth-order valence-corrected chi connectivity index (χ4v) is 4.97. The lowest BCUT2D eigenvalue weighted by Gasteiger charge is -2.18. The molecular formula is C45H69O8P. The smallest absolute Gasteiger partial charge is 0.462 e. The topological polar surface area (TPSA) is 119 Å². The fourth-order valence-electron chi connectivity index (χ4n) is 4.61. The Bertz CT molecular complexity index is 1280. The number of unbranched alkanes of at least 4 members (excludes halogenated alkanes) is 4. The molecule has 0 fully saturated rings. The average Bonchev–Trinajstić information content (AvgIpc) is 3.14. The van der Waals surface area contributed by atoms with Crippen molar-refractivity contribution in [1.29, 1.82) is 0 Å². The molecule has 0 aliphatic heterocycles. The molecule has 0 amide bonds. The van der Waals surface area contributed by atoms with E-state index in [1.54, 1.807) is 0 Å². The fraction of sp³-hybridized carbons (Fsp3) is 0.511. The number of hydrogen-bond donors (Lipinski definition) is 2. The molecule has 0 unspecified atom stereocenters. The molecule has 0 aromatic rings. The first-order chi connectivity index (χ1) is 26.3. The van der Waals surface area contributed by atoms with E-state index < -0.39 is 32.5 Å². The Labute approximate surface area is 327 Å². The van der Waals surface area contributed by atoms with Crippen LogP contribution in [-0.4, -0.2) is 41.0 Å². The number of phosphoric ester groups is 1. The van der Waals surface area contributed by atoms with E-state index in [2.05, 4.69) is 128 Å². The second-order valence-electron chi connectivity index (χ2n) is 12.5. The van der Waals surface area contributed by atoms with E-state index in [1.807, 2.05) is 12.2 Å². The Morgan fingerprint density at radius 3 is 1.26 bits per heavy atom. The van der Waals surface area contributed by atoms with Gasteiger partial charge in [0.05, 0.1) is 6.61 Å². The van der Waals surface area contributed by atoms with E-state index in [9.17, 15) is 14.2 Å². The van der Waals surface area contributed by atoms with Gasteiger partial charge in [0.1, 0.15) is 6.61 Å². The molecule has 2 N–H and O–H groups in total. The third-order valence-electron chi connectivity index (χ3n) is 7.48. The molecule has 0 aromatic carbocycles. The van der Waals surface area contributed by atoms with Crippen LogP contribution in [0.1, 0.15) is 129 Å². The minimum absolute atomic E-state index is 0.118. The van der Waals surface area contributed by atoms with Gasteiger partial charge < -0.3 is 19.3 Å². The highest BCUT2D eigenvalue weighted by Crippen LogP contribution is 2.35. The maximum atomic E-state index is 12.4. The van der Waals surface area contributed by atoms with Crippen LogP contribution in [0.2, 0.25) is 0 Å². The summed E-state index contributed by atoms with van der Waals surface area (Å²) in [6, 6.07) is 0. The van der Waals surface area contributed by atoms with Crippen molar-refractivity contribution in [1.82, 2.24) is 0 Å². The molecule has 302 valence electrons. The van der Waals surface area contributed by atoms with Crippen molar-refractivity contribution in [3.8, 4) is 0 Å². The summed E-state index contributed by atoms with van der Waals surface area (Å²) in [4.78, 5) is 42.8. The number of ether oxygens (including phenoxy) is 2. The standard InChI is InChI=1S/C45H69O8P/c1-3-5-7-9-11-13-15-17-19-21-22-24-25-27-29-31-33-35-37-39-44(46)51-41-43(42-52-54(48,49)50)53-45(47)40-38-36-34-32-30-28-26-23-20-18-16-14-12-10-8-6-4-2/h5-8,11-14,17-20,22,24,26-29,32,34,43H,3-4,9-10,15-16,21,23,25,30-31,33,35-42H2,1-2H3,(H2,48,49,50)/b7-5-,8-6-,13-11-,14-12-,19-17-,20-18-,24-22-,28-26-,29-27-,34-32-/t43-/m1/s1. The summed E-state index contributed by atoms with van der Waals surface area (Å²) in [6.07, 6.45) is 56.4. The lowest BCUT2D eigenvalue weighted by molar-refractivity contribution is -0.161. The summed E-state index contributed by atoms with van der Waals surface area (Å²) in [6.45, 7) is 3.35. The zero-order valence-electron chi connectivity index (χ0n) is 33.1. The lowest BCUT2D eigenvalue weighted by Crippen LogP contribution is -2.29. The van der Waals surface area contributed by atoms with Gasteiger partial charge in [0.15, 0.2) is 6.10 Å². The summed E-state index contributed by atoms with van der Waals surface area (Å²) in [5.74, 6) is -1.01. The van der Waals surface area contributed by atoms with Crippen LogP contribution in [0.3, 0.4) is 0 Å². The first-order valence-corrected chi connectivity index (χ1v) is 21.4. The number of allylic oxidation sites excluding steroid dienone is 20. The zero-order chi connectivity index (χ0) is 39.6. The molecular weight excluding hydrogens is 699 g/mol. The number of esters is 2. The van der Waals surface area contributed by atoms with Gasteiger partial charge in [-0.25, -0.2) is 4.57 Å². The molecule has 9 heteroatoms. The van der Waals surface area contributed by atoms with E-state index in [0.29, 0.717) is 19.3 Å². The average molecular weight is 769 g/mol. The molecule has 0 aliphatic carbocycles. The van der Waals surface area contributed by atoms with Crippen LogP contribution in [0, 0.1) is 0 Å².